The third kappa shape index (κ3) is 10.6. The Morgan fingerprint density at radius 2 is 1.82 bits per heavy atom. The predicted octanol–water partition coefficient (Wildman–Crippen LogP) is 5.82. The number of aryl methyl sites for hydroxylation is 1. The zero-order valence-electron chi connectivity index (χ0n) is 16.4. The molecule has 1 aromatic carbocycles. The van der Waals surface area contributed by atoms with Gasteiger partial charge in [-0.15, -0.1) is 0 Å². The Hall–Kier alpha value is -0.930. The van der Waals surface area contributed by atoms with Crippen molar-refractivity contribution in [2.45, 2.75) is 63.4 Å². The van der Waals surface area contributed by atoms with Crippen LogP contribution in [0.1, 0.15) is 56.9 Å². The van der Waals surface area contributed by atoms with Gasteiger partial charge in [0.05, 0.1) is 19.6 Å². The summed E-state index contributed by atoms with van der Waals surface area (Å²) < 4.78 is 4.51. The zero-order valence-corrected chi connectivity index (χ0v) is 18.7. The van der Waals surface area contributed by atoms with Gasteiger partial charge in [0.25, 0.3) is 0 Å². The van der Waals surface area contributed by atoms with Gasteiger partial charge in [-0.05, 0) is 42.7 Å². The number of benzene rings is 1. The van der Waals surface area contributed by atoms with E-state index in [1.165, 1.54) is 44.6 Å². The van der Waals surface area contributed by atoms with Gasteiger partial charge in [0.15, 0.2) is 5.60 Å². The molecule has 0 aliphatic rings. The summed E-state index contributed by atoms with van der Waals surface area (Å²) in [5, 5.41) is 20.5. The standard InChI is InChI=1S/C21H29Cl2NO3S/c1-27-20(25)14-21(26,15-24)16-28-12-8-6-4-2-3-5-7-9-17-10-11-18(22)13-19(17)23/h10-11,13,26H,2-9,12,14,16H2,1H3. The minimum Gasteiger partial charge on any atom is -0.469 e. The predicted molar refractivity (Wildman–Crippen MR) is 117 cm³/mol. The number of nitriles is 1. The van der Waals surface area contributed by atoms with Crippen molar-refractivity contribution in [3.8, 4) is 6.07 Å². The number of aliphatic hydroxyl groups is 1. The summed E-state index contributed by atoms with van der Waals surface area (Å²) in [6.07, 6.45) is 8.82. The van der Waals surface area contributed by atoms with Crippen molar-refractivity contribution in [3.63, 3.8) is 0 Å². The van der Waals surface area contributed by atoms with Gasteiger partial charge >= 0.3 is 5.97 Å². The number of nitrogens with zero attached hydrogens (tertiary/aromatic N) is 1. The smallest absolute Gasteiger partial charge is 0.309 e. The van der Waals surface area contributed by atoms with Crippen LogP contribution in [0.4, 0.5) is 0 Å². The number of carbonyl (C=O) groups is 1. The minimum absolute atomic E-state index is 0.228. The molecule has 0 fully saturated rings. The maximum absolute atomic E-state index is 11.2. The van der Waals surface area contributed by atoms with Crippen LogP contribution in [0.2, 0.25) is 10.0 Å². The number of rotatable bonds is 14. The lowest BCUT2D eigenvalue weighted by molar-refractivity contribution is -0.143. The molecule has 28 heavy (non-hydrogen) atoms. The lowest BCUT2D eigenvalue weighted by atomic mass is 10.0. The van der Waals surface area contributed by atoms with Crippen molar-refractivity contribution in [2.24, 2.45) is 0 Å². The number of unbranched alkanes of at least 4 members (excludes halogenated alkanes) is 6. The van der Waals surface area contributed by atoms with E-state index in [2.05, 4.69) is 4.74 Å². The topological polar surface area (TPSA) is 70.3 Å². The van der Waals surface area contributed by atoms with Crippen molar-refractivity contribution in [1.29, 1.82) is 5.26 Å². The second-order valence-corrected chi connectivity index (χ2v) is 8.86. The molecule has 1 atom stereocenters. The first kappa shape index (κ1) is 25.1. The molecule has 156 valence electrons. The molecule has 4 nitrogen and oxygen atoms in total. The van der Waals surface area contributed by atoms with E-state index in [1.807, 2.05) is 18.2 Å². The first-order valence-electron chi connectivity index (χ1n) is 9.62. The molecule has 0 spiro atoms. The van der Waals surface area contributed by atoms with Gasteiger partial charge in [0.2, 0.25) is 0 Å². The van der Waals surface area contributed by atoms with E-state index in [0.29, 0.717) is 5.02 Å². The summed E-state index contributed by atoms with van der Waals surface area (Å²) in [5.41, 5.74) is -0.474. The highest BCUT2D eigenvalue weighted by Crippen LogP contribution is 2.23. The first-order chi connectivity index (χ1) is 13.4. The number of ether oxygens (including phenoxy) is 1. The van der Waals surface area contributed by atoms with Crippen molar-refractivity contribution < 1.29 is 14.6 Å². The molecule has 0 aliphatic heterocycles. The van der Waals surface area contributed by atoms with E-state index in [1.54, 1.807) is 6.07 Å². The number of esters is 1. The fraction of sp³-hybridized carbons (Fsp3) is 0.619. The van der Waals surface area contributed by atoms with E-state index >= 15 is 0 Å². The second kappa shape index (κ2) is 14.1. The fourth-order valence-electron chi connectivity index (χ4n) is 2.80. The molecule has 0 saturated heterocycles. The molecule has 0 aliphatic carbocycles. The van der Waals surface area contributed by atoms with E-state index in [0.717, 1.165) is 42.0 Å². The molecule has 1 N–H and O–H groups in total. The molecule has 0 aromatic heterocycles. The van der Waals surface area contributed by atoms with Crippen LogP contribution in [0, 0.1) is 11.3 Å². The van der Waals surface area contributed by atoms with Crippen LogP contribution in [0.15, 0.2) is 18.2 Å². The SMILES string of the molecule is COC(=O)CC(O)(C#N)CSCCCCCCCCCc1ccc(Cl)cc1Cl. The molecule has 0 amide bonds. The number of methoxy groups -OCH3 is 1. The monoisotopic (exact) mass is 445 g/mol. The molecular formula is C21H29Cl2NO3S. The summed E-state index contributed by atoms with van der Waals surface area (Å²) >= 11 is 13.6. The van der Waals surface area contributed by atoms with Gasteiger partial charge in [-0.3, -0.25) is 4.79 Å². The van der Waals surface area contributed by atoms with Crippen LogP contribution in [-0.2, 0) is 16.0 Å². The summed E-state index contributed by atoms with van der Waals surface area (Å²) in [4.78, 5) is 11.2. The van der Waals surface area contributed by atoms with Gasteiger partial charge in [-0.25, -0.2) is 0 Å². The van der Waals surface area contributed by atoms with Crippen LogP contribution in [0.3, 0.4) is 0 Å². The maximum Gasteiger partial charge on any atom is 0.309 e. The minimum atomic E-state index is -1.63. The average Bonchev–Trinajstić information content (AvgIpc) is 2.67. The first-order valence-corrected chi connectivity index (χ1v) is 11.5. The highest BCUT2D eigenvalue weighted by atomic mass is 35.5. The number of carbonyl (C=O) groups excluding carboxylic acids is 1. The number of thioether (sulfide) groups is 1. The summed E-state index contributed by atoms with van der Waals surface area (Å²) in [6, 6.07) is 7.49. The molecule has 0 radical (unpaired) electrons. The van der Waals surface area contributed by atoms with Crippen LogP contribution in [-0.4, -0.2) is 35.3 Å². The molecule has 0 saturated carbocycles. The lowest BCUT2D eigenvalue weighted by Gasteiger charge is -2.18. The second-order valence-electron chi connectivity index (χ2n) is 6.91. The Balaban J connectivity index is 2.00. The van der Waals surface area contributed by atoms with E-state index < -0.39 is 11.6 Å². The van der Waals surface area contributed by atoms with E-state index in [9.17, 15) is 9.90 Å². The third-order valence-corrected chi connectivity index (χ3v) is 6.31. The normalized spacial score (nSPS) is 13.0. The van der Waals surface area contributed by atoms with Gasteiger partial charge < -0.3 is 9.84 Å². The van der Waals surface area contributed by atoms with Crippen LogP contribution < -0.4 is 0 Å². The summed E-state index contributed by atoms with van der Waals surface area (Å²) in [6.45, 7) is 0. The number of hydrogen-bond acceptors (Lipinski definition) is 5. The van der Waals surface area contributed by atoms with Gasteiger partial charge in [-0.2, -0.15) is 17.0 Å². The maximum atomic E-state index is 11.2. The largest absolute Gasteiger partial charge is 0.469 e. The number of halogens is 2. The molecule has 7 heteroatoms. The molecule has 1 unspecified atom stereocenters. The summed E-state index contributed by atoms with van der Waals surface area (Å²) in [7, 11) is 1.25. The van der Waals surface area contributed by atoms with Crippen LogP contribution in [0.25, 0.3) is 0 Å². The number of hydrogen-bond donors (Lipinski definition) is 1. The Morgan fingerprint density at radius 1 is 1.18 bits per heavy atom. The quantitative estimate of drug-likeness (QED) is 0.222. The molecule has 0 heterocycles. The third-order valence-electron chi connectivity index (χ3n) is 4.46. The summed E-state index contributed by atoms with van der Waals surface area (Å²) in [5.74, 6) is 0.537. The van der Waals surface area contributed by atoms with Crippen LogP contribution >= 0.6 is 35.0 Å². The van der Waals surface area contributed by atoms with Crippen LogP contribution in [0.5, 0.6) is 0 Å². The molecule has 0 bridgehead atoms. The Morgan fingerprint density at radius 3 is 2.43 bits per heavy atom. The lowest BCUT2D eigenvalue weighted by Crippen LogP contribution is -2.33. The highest BCUT2D eigenvalue weighted by Gasteiger charge is 2.30. The van der Waals surface area contributed by atoms with E-state index in [4.69, 9.17) is 28.5 Å². The molecule has 1 aromatic rings. The highest BCUT2D eigenvalue weighted by molar-refractivity contribution is 7.99. The Kier molecular flexibility index (Phi) is 12.7. The van der Waals surface area contributed by atoms with Crippen molar-refractivity contribution in [1.82, 2.24) is 0 Å². The molecule has 1 rings (SSSR count). The van der Waals surface area contributed by atoms with Crippen molar-refractivity contribution in [2.75, 3.05) is 18.6 Å². The van der Waals surface area contributed by atoms with Gasteiger partial charge in [-0.1, -0.05) is 61.4 Å². The van der Waals surface area contributed by atoms with Gasteiger partial charge in [0.1, 0.15) is 0 Å². The zero-order chi connectivity index (χ0) is 20.8. The Labute approximate surface area is 182 Å². The van der Waals surface area contributed by atoms with Crippen molar-refractivity contribution >= 4 is 40.9 Å². The fourth-order valence-corrected chi connectivity index (χ4v) is 4.36. The van der Waals surface area contributed by atoms with Gasteiger partial charge in [0, 0.05) is 15.8 Å². The van der Waals surface area contributed by atoms with Crippen molar-refractivity contribution in [3.05, 3.63) is 33.8 Å². The molecular weight excluding hydrogens is 417 g/mol. The van der Waals surface area contributed by atoms with E-state index in [-0.39, 0.29) is 12.2 Å². The Bertz CT molecular complexity index is 651. The average molecular weight is 446 g/mol.